The third-order valence-corrected chi connectivity index (χ3v) is 13.9. The van der Waals surface area contributed by atoms with Crippen LogP contribution in [0.3, 0.4) is 0 Å². The average molecular weight is 900 g/mol. The number of nitro groups is 1. The van der Waals surface area contributed by atoms with Crippen LogP contribution in [0, 0.1) is 27.3 Å². The second-order valence-corrected chi connectivity index (χ2v) is 19.6. The van der Waals surface area contributed by atoms with E-state index in [2.05, 4.69) is 58.0 Å². The number of hydrogen-bond acceptors (Lipinski definition) is 11. The highest BCUT2D eigenvalue weighted by Crippen LogP contribution is 2.43. The summed E-state index contributed by atoms with van der Waals surface area (Å²) in [7, 11) is -4.82. The largest absolute Gasteiger partial charge is 0.455 e. The molecule has 0 saturated carbocycles. The van der Waals surface area contributed by atoms with E-state index in [4.69, 9.17) is 21.1 Å². The van der Waals surface area contributed by atoms with Crippen molar-refractivity contribution in [3.8, 4) is 11.5 Å². The molecule has 2 saturated heterocycles. The lowest BCUT2D eigenvalue weighted by atomic mass is 9.72. The Labute approximate surface area is 371 Å². The summed E-state index contributed by atoms with van der Waals surface area (Å²) < 4.78 is 56.5. The third-order valence-electron chi connectivity index (χ3n) is 12.4. The maximum absolute atomic E-state index is 15.5. The average Bonchev–Trinajstić information content (AvgIpc) is 3.72. The lowest BCUT2D eigenvalue weighted by molar-refractivity contribution is -0.384. The maximum atomic E-state index is 15.5. The van der Waals surface area contributed by atoms with Crippen molar-refractivity contribution < 1.29 is 32.0 Å². The molecule has 0 radical (unpaired) electrons. The molecule has 3 aliphatic rings. The number of hydrogen-bond donors (Lipinski definition) is 3. The number of fused-ring (bicyclic) bond motifs is 1. The molecule has 4 heterocycles. The molecular weight excluding hydrogens is 849 g/mol. The number of carbonyl (C=O) groups excluding carboxylic acids is 1. The van der Waals surface area contributed by atoms with Crippen molar-refractivity contribution in [1.29, 1.82) is 0 Å². The number of H-pyrrole nitrogens is 1. The van der Waals surface area contributed by atoms with Gasteiger partial charge in [-0.25, -0.2) is 22.5 Å². The van der Waals surface area contributed by atoms with Crippen molar-refractivity contribution in [2.24, 2.45) is 11.3 Å². The van der Waals surface area contributed by atoms with Gasteiger partial charge in [0.1, 0.15) is 22.8 Å². The number of aromatic amines is 1. The molecule has 14 nitrogen and oxygen atoms in total. The fourth-order valence-corrected chi connectivity index (χ4v) is 9.95. The highest BCUT2D eigenvalue weighted by Gasteiger charge is 2.33. The summed E-state index contributed by atoms with van der Waals surface area (Å²) in [6.07, 6.45) is 7.75. The van der Waals surface area contributed by atoms with Gasteiger partial charge in [0.05, 0.1) is 21.6 Å². The van der Waals surface area contributed by atoms with Crippen molar-refractivity contribution in [3.05, 3.63) is 117 Å². The van der Waals surface area contributed by atoms with Crippen molar-refractivity contribution in [2.75, 3.05) is 56.2 Å². The van der Waals surface area contributed by atoms with Crippen molar-refractivity contribution >= 4 is 61.2 Å². The summed E-state index contributed by atoms with van der Waals surface area (Å²) in [5, 5.41) is 16.3. The van der Waals surface area contributed by atoms with E-state index < -0.39 is 42.9 Å². The zero-order chi connectivity index (χ0) is 44.5. The van der Waals surface area contributed by atoms with Crippen LogP contribution in [0.25, 0.3) is 16.6 Å². The summed E-state index contributed by atoms with van der Waals surface area (Å²) in [5.41, 5.74) is 4.31. The molecule has 1 unspecified atom stereocenters. The van der Waals surface area contributed by atoms with Crippen molar-refractivity contribution in [1.82, 2.24) is 19.6 Å². The molecule has 3 N–H and O–H groups in total. The summed E-state index contributed by atoms with van der Waals surface area (Å²) in [6.45, 7) is 11.1. The first-order chi connectivity index (χ1) is 30.1. The fraction of sp³-hybridized carbons (Fsp3) is 0.391. The Morgan fingerprint density at radius 2 is 1.87 bits per heavy atom. The predicted octanol–water partition coefficient (Wildman–Crippen LogP) is 9.19. The van der Waals surface area contributed by atoms with Crippen LogP contribution in [0.1, 0.15) is 68.8 Å². The van der Waals surface area contributed by atoms with Crippen LogP contribution in [0.4, 0.5) is 21.5 Å². The Bertz CT molecular complexity index is 2670. The van der Waals surface area contributed by atoms with E-state index in [0.29, 0.717) is 61.6 Å². The topological polar surface area (TPSA) is 172 Å². The molecule has 17 heteroatoms. The predicted molar refractivity (Wildman–Crippen MR) is 242 cm³/mol. The van der Waals surface area contributed by atoms with E-state index in [1.54, 1.807) is 24.4 Å². The molecule has 8 rings (SSSR count). The van der Waals surface area contributed by atoms with Crippen LogP contribution >= 0.6 is 11.6 Å². The summed E-state index contributed by atoms with van der Waals surface area (Å²) in [4.78, 5) is 36.5. The molecule has 2 aliphatic heterocycles. The number of piperazine rings is 1. The molecule has 3 aromatic carbocycles. The number of pyridine rings is 1. The second-order valence-electron chi connectivity index (χ2n) is 17.5. The van der Waals surface area contributed by atoms with E-state index in [1.165, 1.54) is 29.0 Å². The van der Waals surface area contributed by atoms with Crippen LogP contribution in [-0.2, 0) is 14.8 Å². The lowest BCUT2D eigenvalue weighted by Gasteiger charge is -2.43. The minimum Gasteiger partial charge on any atom is -0.455 e. The number of nitrogens with zero attached hydrogens (tertiary/aromatic N) is 4. The van der Waals surface area contributed by atoms with Crippen molar-refractivity contribution in [2.45, 2.75) is 63.8 Å². The first-order valence-corrected chi connectivity index (χ1v) is 23.1. The minimum absolute atomic E-state index is 0.0546. The Balaban J connectivity index is 1.03. The number of amides is 1. The number of rotatable bonds is 13. The Morgan fingerprint density at radius 3 is 2.62 bits per heavy atom. The number of carbonyl (C=O) groups is 1. The summed E-state index contributed by atoms with van der Waals surface area (Å²) in [6, 6.07) is 18.2. The molecule has 1 amide bonds. The number of ether oxygens (including phenoxy) is 2. The number of aromatic nitrogens is 2. The van der Waals surface area contributed by atoms with Gasteiger partial charge in [-0.15, -0.1) is 0 Å². The van der Waals surface area contributed by atoms with Gasteiger partial charge in [0.15, 0.2) is 5.82 Å². The molecule has 0 bridgehead atoms. The number of nitrogens with one attached hydrogen (secondary N) is 3. The molecule has 2 fully saturated rings. The minimum atomic E-state index is -4.82. The maximum Gasteiger partial charge on any atom is 0.296 e. The lowest BCUT2D eigenvalue weighted by Crippen LogP contribution is -2.52. The van der Waals surface area contributed by atoms with Gasteiger partial charge in [-0.1, -0.05) is 43.2 Å². The standard InChI is InChI=1S/C46H51ClFN7O7S/c1-29-27-54(17-16-53(29)28-33-24-46(2,3)14-10-38(33)31-4-6-34(47)7-5-31)35-8-9-39(42(21-35)62-36-20-32-11-15-49-44(32)51-26-36)45(56)52-63(59,60)37-22-40(48)43(41(23-37)55(57)58)50-25-30-12-18-61-19-13-30/h4-9,11,15,20-23,26,29-30,50H,10,12-14,16-19,24-25,27-28H2,1-3H3,(H,49,51)(H,52,56). The van der Waals surface area contributed by atoms with Gasteiger partial charge in [0.25, 0.3) is 21.6 Å². The fourth-order valence-electron chi connectivity index (χ4n) is 8.83. The normalized spacial score (nSPS) is 18.7. The number of nitro benzene ring substituents is 1. The quantitative estimate of drug-likeness (QED) is 0.0760. The molecule has 5 aromatic rings. The monoisotopic (exact) mass is 899 g/mol. The zero-order valence-electron chi connectivity index (χ0n) is 35.5. The first kappa shape index (κ1) is 44.1. The zero-order valence-corrected chi connectivity index (χ0v) is 37.0. The molecule has 63 heavy (non-hydrogen) atoms. The van der Waals surface area contributed by atoms with Crippen molar-refractivity contribution in [3.63, 3.8) is 0 Å². The van der Waals surface area contributed by atoms with Crippen LogP contribution in [0.15, 0.2) is 89.6 Å². The smallest absolute Gasteiger partial charge is 0.296 e. The molecule has 2 aromatic heterocycles. The molecular formula is C46H51ClFN7O7S. The van der Waals surface area contributed by atoms with E-state index in [-0.39, 0.29) is 35.2 Å². The first-order valence-electron chi connectivity index (χ1n) is 21.2. The van der Waals surface area contributed by atoms with Gasteiger partial charge < -0.3 is 24.7 Å². The molecule has 1 atom stereocenters. The van der Waals surface area contributed by atoms with E-state index in [0.717, 1.165) is 49.5 Å². The summed E-state index contributed by atoms with van der Waals surface area (Å²) in [5.74, 6) is -1.75. The summed E-state index contributed by atoms with van der Waals surface area (Å²) >= 11 is 6.24. The van der Waals surface area contributed by atoms with E-state index in [9.17, 15) is 23.3 Å². The van der Waals surface area contributed by atoms with Crippen LogP contribution in [0.5, 0.6) is 11.5 Å². The van der Waals surface area contributed by atoms with Crippen LogP contribution in [0.2, 0.25) is 5.02 Å². The highest BCUT2D eigenvalue weighted by molar-refractivity contribution is 7.90. The van der Waals surface area contributed by atoms with Gasteiger partial charge >= 0.3 is 0 Å². The van der Waals surface area contributed by atoms with Gasteiger partial charge in [0.2, 0.25) is 0 Å². The number of halogens is 2. The third kappa shape index (κ3) is 10.1. The number of anilines is 2. The number of benzene rings is 3. The highest BCUT2D eigenvalue weighted by atomic mass is 35.5. The Morgan fingerprint density at radius 1 is 1.10 bits per heavy atom. The van der Waals surface area contributed by atoms with E-state index in [1.807, 2.05) is 22.9 Å². The SMILES string of the molecule is CC1CN(c2ccc(C(=O)NS(=O)(=O)c3cc(F)c(NCC4CCOCC4)c([N+](=O)[O-])c3)c(Oc3cnc4[nH]ccc4c3)c2)CCN1CC1=C(c2ccc(Cl)cc2)CCC(C)(C)C1. The number of sulfonamides is 1. The van der Waals surface area contributed by atoms with Crippen LogP contribution < -0.4 is 19.7 Å². The number of allylic oxidation sites excluding steroid dienone is 1. The molecule has 1 aliphatic carbocycles. The molecule has 332 valence electrons. The molecule has 0 spiro atoms. The Hall–Kier alpha value is -5.55. The second kappa shape index (κ2) is 18.3. The van der Waals surface area contributed by atoms with Gasteiger partial charge in [-0.3, -0.25) is 19.8 Å². The van der Waals surface area contributed by atoms with E-state index >= 15 is 4.39 Å². The van der Waals surface area contributed by atoms with Crippen LogP contribution in [-0.4, -0.2) is 86.1 Å². The Kier molecular flexibility index (Phi) is 12.8. The van der Waals surface area contributed by atoms with Gasteiger partial charge in [-0.05, 0) is 104 Å². The van der Waals surface area contributed by atoms with Gasteiger partial charge in [0, 0.05) is 86.4 Å². The van der Waals surface area contributed by atoms with Gasteiger partial charge in [-0.2, -0.15) is 0 Å².